The van der Waals surface area contributed by atoms with Gasteiger partial charge in [0.2, 0.25) is 0 Å². The Morgan fingerprint density at radius 3 is 2.29 bits per heavy atom. The van der Waals surface area contributed by atoms with Gasteiger partial charge < -0.3 is 20.1 Å². The first kappa shape index (κ1) is 22.0. The zero-order valence-electron chi connectivity index (χ0n) is 15.9. The fourth-order valence-corrected chi connectivity index (χ4v) is 2.86. The lowest BCUT2D eigenvalue weighted by molar-refractivity contribution is -0.123. The monoisotopic (exact) mass is 405 g/mol. The molecule has 1 aliphatic heterocycles. The van der Waals surface area contributed by atoms with Crippen molar-refractivity contribution in [1.29, 1.82) is 0 Å². The van der Waals surface area contributed by atoms with Gasteiger partial charge in [0, 0.05) is 39.3 Å². The van der Waals surface area contributed by atoms with Crippen molar-refractivity contribution in [1.82, 2.24) is 15.5 Å². The number of carbonyl (C=O) groups excluding carboxylic acids is 1. The molecule has 7 heteroatoms. The van der Waals surface area contributed by atoms with E-state index in [1.54, 1.807) is 0 Å². The van der Waals surface area contributed by atoms with Crippen molar-refractivity contribution in [3.8, 4) is 11.5 Å². The van der Waals surface area contributed by atoms with Gasteiger partial charge >= 0.3 is 0 Å². The van der Waals surface area contributed by atoms with Gasteiger partial charge in [-0.3, -0.25) is 9.69 Å². The number of rotatable bonds is 9. The molecule has 3 rings (SSSR count). The van der Waals surface area contributed by atoms with E-state index in [-0.39, 0.29) is 24.9 Å². The molecule has 0 bridgehead atoms. The molecular weight excluding hydrogens is 378 g/mol. The fraction of sp³-hybridized carbons (Fsp3) is 0.381. The minimum absolute atomic E-state index is 0. The van der Waals surface area contributed by atoms with E-state index in [4.69, 9.17) is 9.47 Å². The van der Waals surface area contributed by atoms with Crippen LogP contribution in [0.3, 0.4) is 0 Å². The van der Waals surface area contributed by atoms with Gasteiger partial charge in [-0.2, -0.15) is 0 Å². The summed E-state index contributed by atoms with van der Waals surface area (Å²) in [7, 11) is 0. The highest BCUT2D eigenvalue weighted by Gasteiger charge is 2.09. The molecule has 152 valence electrons. The van der Waals surface area contributed by atoms with Crippen molar-refractivity contribution in [3.63, 3.8) is 0 Å². The number of carbonyl (C=O) groups is 1. The van der Waals surface area contributed by atoms with Gasteiger partial charge in [-0.1, -0.05) is 30.3 Å². The Labute approximate surface area is 172 Å². The van der Waals surface area contributed by atoms with Gasteiger partial charge in [-0.25, -0.2) is 0 Å². The number of benzene rings is 2. The molecule has 1 aliphatic rings. The van der Waals surface area contributed by atoms with Crippen LogP contribution in [0, 0.1) is 0 Å². The molecule has 1 saturated heterocycles. The van der Waals surface area contributed by atoms with E-state index in [1.807, 2.05) is 54.6 Å². The van der Waals surface area contributed by atoms with Crippen LogP contribution < -0.4 is 20.1 Å². The molecule has 1 amide bonds. The third-order valence-corrected chi connectivity index (χ3v) is 4.40. The van der Waals surface area contributed by atoms with Crippen LogP contribution in [0.2, 0.25) is 0 Å². The topological polar surface area (TPSA) is 62.8 Å². The van der Waals surface area contributed by atoms with E-state index in [2.05, 4.69) is 15.5 Å². The average Bonchev–Trinajstić information content (AvgIpc) is 2.73. The Morgan fingerprint density at radius 2 is 1.61 bits per heavy atom. The molecule has 0 unspecified atom stereocenters. The van der Waals surface area contributed by atoms with Crippen LogP contribution in [-0.2, 0) is 11.4 Å². The van der Waals surface area contributed by atoms with Crippen molar-refractivity contribution in [2.24, 2.45) is 0 Å². The largest absolute Gasteiger partial charge is 0.489 e. The number of amides is 1. The summed E-state index contributed by atoms with van der Waals surface area (Å²) in [6, 6.07) is 17.3. The minimum Gasteiger partial charge on any atom is -0.489 e. The van der Waals surface area contributed by atoms with Crippen LogP contribution in [0.15, 0.2) is 54.6 Å². The molecule has 6 nitrogen and oxygen atoms in total. The van der Waals surface area contributed by atoms with Gasteiger partial charge in [0.25, 0.3) is 5.91 Å². The van der Waals surface area contributed by atoms with Crippen LogP contribution in [0.5, 0.6) is 11.5 Å². The SMILES string of the molecule is Cl.O=C(COc1ccc(OCc2ccccc2)cc1)NCCN1CCNCC1. The summed E-state index contributed by atoms with van der Waals surface area (Å²) in [5, 5.41) is 6.21. The van der Waals surface area contributed by atoms with Crippen LogP contribution in [0.1, 0.15) is 5.56 Å². The fourth-order valence-electron chi connectivity index (χ4n) is 2.86. The molecule has 2 aromatic rings. The number of ether oxygens (including phenoxy) is 2. The normalized spacial score (nSPS) is 14.0. The van der Waals surface area contributed by atoms with Gasteiger partial charge in [-0.15, -0.1) is 12.4 Å². The van der Waals surface area contributed by atoms with Crippen LogP contribution in [0.4, 0.5) is 0 Å². The Morgan fingerprint density at radius 1 is 0.964 bits per heavy atom. The quantitative estimate of drug-likeness (QED) is 0.669. The van der Waals surface area contributed by atoms with Crippen LogP contribution in [-0.4, -0.2) is 56.7 Å². The van der Waals surface area contributed by atoms with Crippen LogP contribution >= 0.6 is 12.4 Å². The van der Waals surface area contributed by atoms with Gasteiger partial charge in [0.1, 0.15) is 18.1 Å². The molecule has 28 heavy (non-hydrogen) atoms. The van der Waals surface area contributed by atoms with Crippen molar-refractivity contribution in [2.45, 2.75) is 6.61 Å². The standard InChI is InChI=1S/C21H27N3O3.ClH/c25-21(23-12-15-24-13-10-22-11-14-24)17-27-20-8-6-19(7-9-20)26-16-18-4-2-1-3-5-18;/h1-9,22H,10-17H2,(H,23,25);1H. The zero-order chi connectivity index (χ0) is 18.7. The van der Waals surface area contributed by atoms with Gasteiger partial charge in [0.05, 0.1) is 0 Å². The first-order valence-electron chi connectivity index (χ1n) is 9.39. The third-order valence-electron chi connectivity index (χ3n) is 4.40. The molecule has 1 heterocycles. The third kappa shape index (κ3) is 7.76. The summed E-state index contributed by atoms with van der Waals surface area (Å²) in [4.78, 5) is 14.2. The number of piperazine rings is 1. The number of halogens is 1. The number of hydrogen-bond acceptors (Lipinski definition) is 5. The summed E-state index contributed by atoms with van der Waals surface area (Å²) in [6.07, 6.45) is 0. The highest BCUT2D eigenvalue weighted by atomic mass is 35.5. The predicted octanol–water partition coefficient (Wildman–Crippen LogP) is 2.09. The number of hydrogen-bond donors (Lipinski definition) is 2. The Balaban J connectivity index is 0.00000280. The summed E-state index contributed by atoms with van der Waals surface area (Å²) in [6.45, 7) is 6.16. The first-order chi connectivity index (χ1) is 13.3. The molecule has 1 fully saturated rings. The van der Waals surface area contributed by atoms with E-state index in [0.29, 0.717) is 18.9 Å². The maximum Gasteiger partial charge on any atom is 0.257 e. The van der Waals surface area contributed by atoms with Crippen molar-refractivity contribution in [3.05, 3.63) is 60.2 Å². The zero-order valence-corrected chi connectivity index (χ0v) is 16.7. The molecular formula is C21H28ClN3O3. The molecule has 2 N–H and O–H groups in total. The average molecular weight is 406 g/mol. The van der Waals surface area contributed by atoms with E-state index < -0.39 is 0 Å². The molecule has 0 radical (unpaired) electrons. The smallest absolute Gasteiger partial charge is 0.257 e. The second kappa shape index (κ2) is 12.2. The van der Waals surface area contributed by atoms with Crippen molar-refractivity contribution < 1.29 is 14.3 Å². The number of nitrogens with one attached hydrogen (secondary N) is 2. The predicted molar refractivity (Wildman–Crippen MR) is 112 cm³/mol. The summed E-state index contributed by atoms with van der Waals surface area (Å²) in [5.74, 6) is 1.32. The summed E-state index contributed by atoms with van der Waals surface area (Å²) >= 11 is 0. The molecule has 0 aliphatic carbocycles. The molecule has 0 aromatic heterocycles. The lowest BCUT2D eigenvalue weighted by Gasteiger charge is -2.27. The highest BCUT2D eigenvalue weighted by molar-refractivity contribution is 5.85. The van der Waals surface area contributed by atoms with Crippen molar-refractivity contribution >= 4 is 18.3 Å². The van der Waals surface area contributed by atoms with E-state index in [0.717, 1.165) is 44.0 Å². The van der Waals surface area contributed by atoms with E-state index >= 15 is 0 Å². The summed E-state index contributed by atoms with van der Waals surface area (Å²) in [5.41, 5.74) is 1.12. The molecule has 0 atom stereocenters. The molecule has 0 saturated carbocycles. The van der Waals surface area contributed by atoms with Gasteiger partial charge in [0.15, 0.2) is 6.61 Å². The summed E-state index contributed by atoms with van der Waals surface area (Å²) < 4.78 is 11.3. The Hall–Kier alpha value is -2.28. The second-order valence-corrected chi connectivity index (χ2v) is 6.48. The van der Waals surface area contributed by atoms with E-state index in [9.17, 15) is 4.79 Å². The highest BCUT2D eigenvalue weighted by Crippen LogP contribution is 2.18. The lowest BCUT2D eigenvalue weighted by Crippen LogP contribution is -2.46. The Kier molecular flexibility index (Phi) is 9.62. The second-order valence-electron chi connectivity index (χ2n) is 6.48. The van der Waals surface area contributed by atoms with Crippen molar-refractivity contribution in [2.75, 3.05) is 45.9 Å². The molecule has 2 aromatic carbocycles. The number of nitrogens with zero attached hydrogens (tertiary/aromatic N) is 1. The maximum absolute atomic E-state index is 11.9. The lowest BCUT2D eigenvalue weighted by atomic mass is 10.2. The van der Waals surface area contributed by atoms with Crippen LogP contribution in [0.25, 0.3) is 0 Å². The minimum atomic E-state index is -0.102. The molecule has 0 spiro atoms. The van der Waals surface area contributed by atoms with E-state index in [1.165, 1.54) is 0 Å². The first-order valence-corrected chi connectivity index (χ1v) is 9.39. The maximum atomic E-state index is 11.9. The Bertz CT molecular complexity index is 692. The van der Waals surface area contributed by atoms with Gasteiger partial charge in [-0.05, 0) is 29.8 Å².